The molecule has 0 N–H and O–H groups in total. The van der Waals surface area contributed by atoms with Gasteiger partial charge in [-0.2, -0.15) is 0 Å². The van der Waals surface area contributed by atoms with Crippen molar-refractivity contribution in [3.63, 3.8) is 0 Å². The minimum atomic E-state index is 0.118. The quantitative estimate of drug-likeness (QED) is 0.759. The van der Waals surface area contributed by atoms with E-state index in [1.807, 2.05) is 17.9 Å². The average molecular weight is 311 g/mol. The van der Waals surface area contributed by atoms with Crippen LogP contribution in [0, 0.1) is 6.92 Å². The van der Waals surface area contributed by atoms with Crippen molar-refractivity contribution in [2.45, 2.75) is 13.8 Å². The molecule has 1 aliphatic heterocycles. The minimum Gasteiger partial charge on any atom is -0.339 e. The highest BCUT2D eigenvalue weighted by Gasteiger charge is 2.21. The van der Waals surface area contributed by atoms with E-state index in [0.29, 0.717) is 24.2 Å². The molecule has 5 nitrogen and oxygen atoms in total. The summed E-state index contributed by atoms with van der Waals surface area (Å²) in [5.41, 5.74) is 0. The van der Waals surface area contributed by atoms with Crippen LogP contribution in [0.25, 0.3) is 10.2 Å². The zero-order valence-corrected chi connectivity index (χ0v) is 13.0. The van der Waals surface area contributed by atoms with Crippen LogP contribution >= 0.6 is 22.9 Å². The molecule has 106 valence electrons. The lowest BCUT2D eigenvalue weighted by Gasteiger charge is -2.34. The number of carbonyl (C=O) groups excluding carboxylic acids is 1. The molecule has 0 saturated carbocycles. The van der Waals surface area contributed by atoms with Gasteiger partial charge in [0, 0.05) is 43.4 Å². The Hall–Kier alpha value is -1.40. The van der Waals surface area contributed by atoms with Gasteiger partial charge in [0.25, 0.3) is 0 Å². The fourth-order valence-corrected chi connectivity index (χ4v) is 3.51. The molecule has 0 bridgehead atoms. The van der Waals surface area contributed by atoms with E-state index in [4.69, 9.17) is 11.6 Å². The van der Waals surface area contributed by atoms with Crippen LogP contribution in [-0.2, 0) is 4.79 Å². The number of amides is 1. The number of piperazine rings is 1. The normalized spacial score (nSPS) is 15.9. The highest BCUT2D eigenvalue weighted by Crippen LogP contribution is 2.30. The standard InChI is InChI=1S/C13H15ClN4OS/c1-8-7-10-11(14)15-13(16-12(10)20-8)18-5-3-17(4-6-18)9(2)19/h7H,3-6H2,1-2H3. The first-order chi connectivity index (χ1) is 9.54. The maximum atomic E-state index is 11.3. The van der Waals surface area contributed by atoms with Gasteiger partial charge in [0.05, 0.1) is 0 Å². The molecule has 0 radical (unpaired) electrons. The molecule has 3 heterocycles. The van der Waals surface area contributed by atoms with Crippen LogP contribution in [-0.4, -0.2) is 47.0 Å². The Kier molecular flexibility index (Phi) is 3.52. The third kappa shape index (κ3) is 2.45. The van der Waals surface area contributed by atoms with Gasteiger partial charge in [0.15, 0.2) is 0 Å². The van der Waals surface area contributed by atoms with Crippen molar-refractivity contribution < 1.29 is 4.79 Å². The summed E-state index contributed by atoms with van der Waals surface area (Å²) in [6, 6.07) is 2.01. The zero-order valence-electron chi connectivity index (χ0n) is 11.4. The number of nitrogens with zero attached hydrogens (tertiary/aromatic N) is 4. The molecular weight excluding hydrogens is 296 g/mol. The summed E-state index contributed by atoms with van der Waals surface area (Å²) in [6.07, 6.45) is 0. The van der Waals surface area contributed by atoms with Gasteiger partial charge in [0.2, 0.25) is 11.9 Å². The number of hydrogen-bond donors (Lipinski definition) is 0. The smallest absolute Gasteiger partial charge is 0.228 e. The molecule has 0 unspecified atom stereocenters. The average Bonchev–Trinajstić information content (AvgIpc) is 2.80. The lowest BCUT2D eigenvalue weighted by molar-refractivity contribution is -0.129. The van der Waals surface area contributed by atoms with E-state index in [9.17, 15) is 4.79 Å². The van der Waals surface area contributed by atoms with E-state index < -0.39 is 0 Å². The van der Waals surface area contributed by atoms with Crippen molar-refractivity contribution in [2.24, 2.45) is 0 Å². The van der Waals surface area contributed by atoms with E-state index in [1.54, 1.807) is 18.3 Å². The Morgan fingerprint density at radius 3 is 2.65 bits per heavy atom. The van der Waals surface area contributed by atoms with Crippen LogP contribution in [0.5, 0.6) is 0 Å². The molecule has 20 heavy (non-hydrogen) atoms. The van der Waals surface area contributed by atoms with E-state index in [-0.39, 0.29) is 5.91 Å². The number of aryl methyl sites for hydroxylation is 1. The molecule has 1 fully saturated rings. The maximum Gasteiger partial charge on any atom is 0.228 e. The molecule has 1 saturated heterocycles. The lowest BCUT2D eigenvalue weighted by atomic mass is 10.3. The third-order valence-corrected chi connectivity index (χ3v) is 4.70. The third-order valence-electron chi connectivity index (χ3n) is 3.47. The van der Waals surface area contributed by atoms with Crippen LogP contribution in [0.2, 0.25) is 5.15 Å². The molecule has 0 aromatic carbocycles. The SMILES string of the molecule is CC(=O)N1CCN(c2nc(Cl)c3cc(C)sc3n2)CC1. The molecular formula is C13H15ClN4OS. The number of carbonyl (C=O) groups is 1. The van der Waals surface area contributed by atoms with Crippen molar-refractivity contribution in [1.29, 1.82) is 0 Å². The van der Waals surface area contributed by atoms with Gasteiger partial charge >= 0.3 is 0 Å². The van der Waals surface area contributed by atoms with Crippen molar-refractivity contribution >= 4 is 45.0 Å². The van der Waals surface area contributed by atoms with Crippen LogP contribution < -0.4 is 4.90 Å². The van der Waals surface area contributed by atoms with Crippen molar-refractivity contribution in [2.75, 3.05) is 31.1 Å². The molecule has 7 heteroatoms. The van der Waals surface area contributed by atoms with E-state index in [1.165, 1.54) is 4.88 Å². The van der Waals surface area contributed by atoms with Gasteiger partial charge in [-0.3, -0.25) is 4.79 Å². The summed E-state index contributed by atoms with van der Waals surface area (Å²) in [5, 5.41) is 1.42. The number of rotatable bonds is 1. The summed E-state index contributed by atoms with van der Waals surface area (Å²) in [4.78, 5) is 26.3. The van der Waals surface area contributed by atoms with Gasteiger partial charge in [0.1, 0.15) is 9.98 Å². The molecule has 1 aliphatic rings. The van der Waals surface area contributed by atoms with Gasteiger partial charge < -0.3 is 9.80 Å². The first-order valence-electron chi connectivity index (χ1n) is 6.49. The minimum absolute atomic E-state index is 0.118. The Bertz CT molecular complexity index is 664. The number of thiophene rings is 1. The second-order valence-corrected chi connectivity index (χ2v) is 6.48. The van der Waals surface area contributed by atoms with Crippen LogP contribution in [0.15, 0.2) is 6.07 Å². The Morgan fingerprint density at radius 1 is 1.30 bits per heavy atom. The number of anilines is 1. The van der Waals surface area contributed by atoms with Crippen molar-refractivity contribution in [1.82, 2.24) is 14.9 Å². The molecule has 3 rings (SSSR count). The largest absolute Gasteiger partial charge is 0.339 e. The molecule has 0 spiro atoms. The van der Waals surface area contributed by atoms with Crippen LogP contribution in [0.4, 0.5) is 5.95 Å². The number of hydrogen-bond acceptors (Lipinski definition) is 5. The van der Waals surface area contributed by atoms with Crippen molar-refractivity contribution in [3.05, 3.63) is 16.1 Å². The molecule has 0 aliphatic carbocycles. The summed E-state index contributed by atoms with van der Waals surface area (Å²) < 4.78 is 0. The fourth-order valence-electron chi connectivity index (χ4n) is 2.36. The second-order valence-electron chi connectivity index (χ2n) is 4.88. The number of aromatic nitrogens is 2. The van der Waals surface area contributed by atoms with E-state index in [0.717, 1.165) is 23.3 Å². The van der Waals surface area contributed by atoms with Gasteiger partial charge in [-0.1, -0.05) is 11.6 Å². The van der Waals surface area contributed by atoms with Crippen LogP contribution in [0.3, 0.4) is 0 Å². The first kappa shape index (κ1) is 13.6. The molecule has 1 amide bonds. The predicted molar refractivity (Wildman–Crippen MR) is 81.6 cm³/mol. The van der Waals surface area contributed by atoms with Gasteiger partial charge in [-0.25, -0.2) is 9.97 Å². The summed E-state index contributed by atoms with van der Waals surface area (Å²) in [5.74, 6) is 0.778. The van der Waals surface area contributed by atoms with Gasteiger partial charge in [-0.05, 0) is 13.0 Å². The van der Waals surface area contributed by atoms with E-state index in [2.05, 4.69) is 14.9 Å². The number of fused-ring (bicyclic) bond motifs is 1. The van der Waals surface area contributed by atoms with Gasteiger partial charge in [-0.15, -0.1) is 11.3 Å². The van der Waals surface area contributed by atoms with E-state index >= 15 is 0 Å². The lowest BCUT2D eigenvalue weighted by Crippen LogP contribution is -2.48. The monoisotopic (exact) mass is 310 g/mol. The highest BCUT2D eigenvalue weighted by atomic mass is 35.5. The Balaban J connectivity index is 1.86. The highest BCUT2D eigenvalue weighted by molar-refractivity contribution is 7.18. The zero-order chi connectivity index (χ0) is 14.3. The van der Waals surface area contributed by atoms with Crippen molar-refractivity contribution in [3.8, 4) is 0 Å². The Labute approximate surface area is 126 Å². The summed E-state index contributed by atoms with van der Waals surface area (Å²) in [7, 11) is 0. The summed E-state index contributed by atoms with van der Waals surface area (Å²) >= 11 is 7.86. The van der Waals surface area contributed by atoms with Crippen LogP contribution in [0.1, 0.15) is 11.8 Å². The maximum absolute atomic E-state index is 11.3. The number of halogens is 1. The Morgan fingerprint density at radius 2 is 2.00 bits per heavy atom. The fraction of sp³-hybridized carbons (Fsp3) is 0.462. The first-order valence-corrected chi connectivity index (χ1v) is 7.68. The topological polar surface area (TPSA) is 49.3 Å². The molecule has 0 atom stereocenters. The molecule has 2 aromatic rings. The predicted octanol–water partition coefficient (Wildman–Crippen LogP) is 2.32. The summed E-state index contributed by atoms with van der Waals surface area (Å²) in [6.45, 7) is 6.53. The second kappa shape index (κ2) is 5.18. The molecule has 2 aromatic heterocycles.